The molecule has 6 aromatic carbocycles. The summed E-state index contributed by atoms with van der Waals surface area (Å²) in [6.45, 7) is 0. The Kier molecular flexibility index (Phi) is 4.55. The summed E-state index contributed by atoms with van der Waals surface area (Å²) >= 11 is 0. The molecule has 0 saturated heterocycles. The molecule has 0 atom stereocenters. The molecule has 0 bridgehead atoms. The Morgan fingerprint density at radius 2 is 0.553 bits per heavy atom. The van der Waals surface area contributed by atoms with E-state index in [2.05, 4.69) is 121 Å². The third-order valence-electron chi connectivity index (χ3n) is 7.49. The van der Waals surface area contributed by atoms with Crippen LogP contribution in [0.2, 0.25) is 0 Å². The summed E-state index contributed by atoms with van der Waals surface area (Å²) in [4.78, 5) is 0. The van der Waals surface area contributed by atoms with E-state index in [0.29, 0.717) is 0 Å². The minimum atomic E-state index is 0.899. The second kappa shape index (κ2) is 8.22. The molecule has 0 unspecified atom stereocenters. The number of furan rings is 2. The smallest absolute Gasteiger partial charge is 0.135 e. The molecule has 2 heterocycles. The molecule has 0 radical (unpaired) electrons. The molecule has 8 rings (SSSR count). The van der Waals surface area contributed by atoms with Gasteiger partial charge >= 0.3 is 0 Å². The molecule has 0 aliphatic heterocycles. The maximum absolute atomic E-state index is 6.19. The lowest BCUT2D eigenvalue weighted by molar-refractivity contribution is 0.668. The summed E-state index contributed by atoms with van der Waals surface area (Å²) in [5, 5.41) is 4.51. The number of hydrogen-bond donors (Lipinski definition) is 0. The first kappa shape index (κ1) is 21.0. The zero-order chi connectivity index (χ0) is 25.1. The van der Waals surface area contributed by atoms with Crippen LogP contribution in [0.5, 0.6) is 0 Å². The molecule has 2 heteroatoms. The fourth-order valence-electron chi connectivity index (χ4n) is 5.53. The van der Waals surface area contributed by atoms with Crippen LogP contribution < -0.4 is 0 Å². The van der Waals surface area contributed by atoms with Crippen molar-refractivity contribution in [1.82, 2.24) is 0 Å². The summed E-state index contributed by atoms with van der Waals surface area (Å²) < 4.78 is 12.4. The van der Waals surface area contributed by atoms with Gasteiger partial charge in [0, 0.05) is 21.5 Å². The Labute approximate surface area is 219 Å². The van der Waals surface area contributed by atoms with Crippen LogP contribution in [0, 0.1) is 0 Å². The van der Waals surface area contributed by atoms with Crippen LogP contribution in [0.4, 0.5) is 0 Å². The first-order chi connectivity index (χ1) is 18.8. The summed E-state index contributed by atoms with van der Waals surface area (Å²) in [7, 11) is 0. The van der Waals surface area contributed by atoms with Crippen molar-refractivity contribution in [3.8, 4) is 33.4 Å². The van der Waals surface area contributed by atoms with Crippen molar-refractivity contribution >= 4 is 43.9 Å². The molecule has 0 fully saturated rings. The molecular formula is C36H22O2. The van der Waals surface area contributed by atoms with Crippen molar-refractivity contribution in [2.24, 2.45) is 0 Å². The molecular weight excluding hydrogens is 464 g/mol. The average molecular weight is 487 g/mol. The molecule has 8 aromatic rings. The van der Waals surface area contributed by atoms with E-state index in [9.17, 15) is 0 Å². The van der Waals surface area contributed by atoms with Crippen molar-refractivity contribution in [2.45, 2.75) is 0 Å². The highest BCUT2D eigenvalue weighted by molar-refractivity contribution is 6.10. The Morgan fingerprint density at radius 1 is 0.263 bits per heavy atom. The Hall–Kier alpha value is -5.08. The maximum atomic E-state index is 6.19. The lowest BCUT2D eigenvalue weighted by Gasteiger charge is -2.04. The van der Waals surface area contributed by atoms with Gasteiger partial charge in [-0.3, -0.25) is 0 Å². The van der Waals surface area contributed by atoms with Crippen LogP contribution in [0.15, 0.2) is 142 Å². The van der Waals surface area contributed by atoms with Gasteiger partial charge in [-0.25, -0.2) is 0 Å². The molecule has 2 nitrogen and oxygen atoms in total. The Morgan fingerprint density at radius 3 is 0.868 bits per heavy atom. The standard InChI is InChI=1S/C36H22O2/c1-3-7-23(8-4-1)25-11-15-33-29(19-25)31-21-27(13-17-35(31)37-33)28-14-18-36-32(22-28)30-20-26(12-16-34(30)38-36)24-9-5-2-6-10-24/h1-22H. The van der Waals surface area contributed by atoms with Gasteiger partial charge in [0.2, 0.25) is 0 Å². The second-order valence-corrected chi connectivity index (χ2v) is 9.78. The maximum Gasteiger partial charge on any atom is 0.135 e. The highest BCUT2D eigenvalue weighted by atomic mass is 16.3. The third kappa shape index (κ3) is 3.35. The average Bonchev–Trinajstić information content (AvgIpc) is 3.54. The largest absolute Gasteiger partial charge is 0.456 e. The molecule has 2 aromatic heterocycles. The highest BCUT2D eigenvalue weighted by Crippen LogP contribution is 2.38. The van der Waals surface area contributed by atoms with Crippen molar-refractivity contribution in [3.05, 3.63) is 133 Å². The Bertz CT molecular complexity index is 1960. The van der Waals surface area contributed by atoms with Gasteiger partial charge in [-0.2, -0.15) is 0 Å². The topological polar surface area (TPSA) is 26.3 Å². The van der Waals surface area contributed by atoms with Gasteiger partial charge in [-0.15, -0.1) is 0 Å². The fourth-order valence-corrected chi connectivity index (χ4v) is 5.53. The van der Waals surface area contributed by atoms with Gasteiger partial charge in [0.05, 0.1) is 0 Å². The predicted octanol–water partition coefficient (Wildman–Crippen LogP) is 10.5. The van der Waals surface area contributed by atoms with Crippen LogP contribution >= 0.6 is 0 Å². The van der Waals surface area contributed by atoms with Crippen molar-refractivity contribution in [1.29, 1.82) is 0 Å². The minimum absolute atomic E-state index is 0.899. The first-order valence-corrected chi connectivity index (χ1v) is 12.8. The van der Waals surface area contributed by atoms with Crippen molar-refractivity contribution < 1.29 is 8.83 Å². The van der Waals surface area contributed by atoms with E-state index >= 15 is 0 Å². The van der Waals surface area contributed by atoms with E-state index in [1.165, 1.54) is 22.3 Å². The van der Waals surface area contributed by atoms with Gasteiger partial charge in [-0.1, -0.05) is 84.9 Å². The summed E-state index contributed by atoms with van der Waals surface area (Å²) in [5.41, 5.74) is 10.7. The quantitative estimate of drug-likeness (QED) is 0.248. The molecule has 0 saturated carbocycles. The van der Waals surface area contributed by atoms with E-state index in [0.717, 1.165) is 55.0 Å². The zero-order valence-electron chi connectivity index (χ0n) is 20.5. The molecule has 38 heavy (non-hydrogen) atoms. The van der Waals surface area contributed by atoms with E-state index in [1.54, 1.807) is 0 Å². The molecule has 178 valence electrons. The van der Waals surface area contributed by atoms with E-state index < -0.39 is 0 Å². The highest BCUT2D eigenvalue weighted by Gasteiger charge is 2.13. The molecule has 0 aliphatic rings. The normalized spacial score (nSPS) is 11.7. The lowest BCUT2D eigenvalue weighted by Crippen LogP contribution is -1.79. The lowest BCUT2D eigenvalue weighted by atomic mass is 9.98. The van der Waals surface area contributed by atoms with Crippen molar-refractivity contribution in [3.63, 3.8) is 0 Å². The van der Waals surface area contributed by atoms with Gasteiger partial charge in [-0.05, 0) is 81.9 Å². The van der Waals surface area contributed by atoms with Gasteiger partial charge in [0.25, 0.3) is 0 Å². The van der Waals surface area contributed by atoms with E-state index in [1.807, 2.05) is 12.1 Å². The Balaban J connectivity index is 1.27. The summed E-state index contributed by atoms with van der Waals surface area (Å²) in [6.07, 6.45) is 0. The van der Waals surface area contributed by atoms with Crippen LogP contribution in [-0.4, -0.2) is 0 Å². The molecule has 0 amide bonds. The fraction of sp³-hybridized carbons (Fsp3) is 0. The number of benzene rings is 6. The third-order valence-corrected chi connectivity index (χ3v) is 7.49. The number of hydrogen-bond acceptors (Lipinski definition) is 2. The summed E-state index contributed by atoms with van der Waals surface area (Å²) in [5.74, 6) is 0. The monoisotopic (exact) mass is 486 g/mol. The minimum Gasteiger partial charge on any atom is -0.456 e. The van der Waals surface area contributed by atoms with Crippen LogP contribution in [0.3, 0.4) is 0 Å². The van der Waals surface area contributed by atoms with Crippen LogP contribution in [0.25, 0.3) is 77.3 Å². The SMILES string of the molecule is c1ccc(-c2ccc3oc4ccc(-c5ccc6oc7ccc(-c8ccccc8)cc7c6c5)cc4c3c2)cc1. The number of fused-ring (bicyclic) bond motifs is 6. The number of rotatable bonds is 3. The first-order valence-electron chi connectivity index (χ1n) is 12.8. The van der Waals surface area contributed by atoms with Gasteiger partial charge in [0.1, 0.15) is 22.3 Å². The molecule has 0 N–H and O–H groups in total. The van der Waals surface area contributed by atoms with Gasteiger partial charge in [0.15, 0.2) is 0 Å². The second-order valence-electron chi connectivity index (χ2n) is 9.78. The summed E-state index contributed by atoms with van der Waals surface area (Å²) in [6, 6.07) is 46.8. The van der Waals surface area contributed by atoms with Crippen molar-refractivity contribution in [2.75, 3.05) is 0 Å². The van der Waals surface area contributed by atoms with E-state index in [4.69, 9.17) is 8.83 Å². The van der Waals surface area contributed by atoms with Crippen LogP contribution in [0.1, 0.15) is 0 Å². The van der Waals surface area contributed by atoms with Crippen LogP contribution in [-0.2, 0) is 0 Å². The van der Waals surface area contributed by atoms with E-state index in [-0.39, 0.29) is 0 Å². The molecule has 0 aliphatic carbocycles. The van der Waals surface area contributed by atoms with Gasteiger partial charge < -0.3 is 8.83 Å². The molecule has 0 spiro atoms. The zero-order valence-corrected chi connectivity index (χ0v) is 20.5. The predicted molar refractivity (Wildman–Crippen MR) is 157 cm³/mol.